The van der Waals surface area contributed by atoms with Crippen LogP contribution in [-0.4, -0.2) is 75.5 Å². The van der Waals surface area contributed by atoms with Gasteiger partial charge in [-0.2, -0.15) is 0 Å². The molecule has 0 aliphatic carbocycles. The molecule has 49 heavy (non-hydrogen) atoms. The van der Waals surface area contributed by atoms with Gasteiger partial charge in [-0.15, -0.1) is 0 Å². The summed E-state index contributed by atoms with van der Waals surface area (Å²) in [6.07, 6.45) is -2.07. The third-order valence-electron chi connectivity index (χ3n) is 7.76. The molecule has 0 fully saturated rings. The highest BCUT2D eigenvalue weighted by molar-refractivity contribution is 6.30. The molecule has 2 amide bonds. The average molecular weight is 697 g/mol. The molecule has 0 aromatic heterocycles. The zero-order chi connectivity index (χ0) is 35.7. The van der Waals surface area contributed by atoms with E-state index < -0.39 is 41.4 Å². The van der Waals surface area contributed by atoms with Gasteiger partial charge >= 0.3 is 11.9 Å². The van der Waals surface area contributed by atoms with Gasteiger partial charge in [-0.1, -0.05) is 49.7 Å². The van der Waals surface area contributed by atoms with Crippen LogP contribution in [0.1, 0.15) is 61.2 Å². The SMILES string of the molecule is COc1cccc([C@H]2O[C@H](CC(=O)NCCCOc3ccccc3C(=O)O)C(=O)N(CC(C)(C)COC(C)=O)c3ccc(Cl)cc32)c1OC. The average Bonchev–Trinajstić information content (AvgIpc) is 3.17. The van der Waals surface area contributed by atoms with Gasteiger partial charge in [0.1, 0.15) is 23.5 Å². The number of carbonyl (C=O) groups is 4. The van der Waals surface area contributed by atoms with Crippen molar-refractivity contribution in [3.63, 3.8) is 0 Å². The number of hydrogen-bond donors (Lipinski definition) is 2. The first-order valence-corrected chi connectivity index (χ1v) is 16.1. The quantitative estimate of drug-likeness (QED) is 0.155. The Morgan fingerprint density at radius 3 is 2.43 bits per heavy atom. The number of carboxylic acid groups (broad SMARTS) is 1. The largest absolute Gasteiger partial charge is 0.493 e. The number of benzene rings is 3. The van der Waals surface area contributed by atoms with Gasteiger partial charge in [0.15, 0.2) is 11.5 Å². The summed E-state index contributed by atoms with van der Waals surface area (Å²) in [5.41, 5.74) is 1.00. The van der Waals surface area contributed by atoms with E-state index in [1.165, 1.54) is 27.2 Å². The molecule has 0 unspecified atom stereocenters. The first-order chi connectivity index (χ1) is 23.3. The first kappa shape index (κ1) is 37.0. The number of esters is 1. The van der Waals surface area contributed by atoms with E-state index in [9.17, 15) is 24.3 Å². The normalized spacial score (nSPS) is 15.9. The number of aromatic carboxylic acids is 1. The van der Waals surface area contributed by atoms with Crippen LogP contribution in [0.15, 0.2) is 60.7 Å². The molecule has 13 heteroatoms. The zero-order valence-corrected chi connectivity index (χ0v) is 28.9. The Morgan fingerprint density at radius 2 is 1.73 bits per heavy atom. The fraction of sp³-hybridized carbons (Fsp3) is 0.389. The predicted molar refractivity (Wildman–Crippen MR) is 182 cm³/mol. The molecule has 0 bridgehead atoms. The number of carbonyl (C=O) groups excluding carboxylic acids is 3. The third kappa shape index (κ3) is 9.42. The van der Waals surface area contributed by atoms with E-state index in [4.69, 9.17) is 35.3 Å². The lowest BCUT2D eigenvalue weighted by molar-refractivity contribution is -0.144. The van der Waals surface area contributed by atoms with Crippen LogP contribution in [-0.2, 0) is 23.9 Å². The molecule has 2 N–H and O–H groups in total. The number of nitrogens with zero attached hydrogens (tertiary/aromatic N) is 1. The zero-order valence-electron chi connectivity index (χ0n) is 28.1. The van der Waals surface area contributed by atoms with Crippen molar-refractivity contribution in [2.24, 2.45) is 5.41 Å². The Labute approximate surface area is 290 Å². The summed E-state index contributed by atoms with van der Waals surface area (Å²) in [6.45, 7) is 5.59. The van der Waals surface area contributed by atoms with E-state index >= 15 is 0 Å². The van der Waals surface area contributed by atoms with E-state index in [1.807, 2.05) is 13.8 Å². The number of rotatable bonds is 15. The number of anilines is 1. The highest BCUT2D eigenvalue weighted by Crippen LogP contribution is 2.45. The van der Waals surface area contributed by atoms with Crippen LogP contribution >= 0.6 is 11.6 Å². The van der Waals surface area contributed by atoms with Gasteiger partial charge in [0, 0.05) is 47.3 Å². The van der Waals surface area contributed by atoms with Crippen molar-refractivity contribution in [3.8, 4) is 17.2 Å². The second-order valence-electron chi connectivity index (χ2n) is 12.2. The Balaban J connectivity index is 1.61. The number of fused-ring (bicyclic) bond motifs is 1. The van der Waals surface area contributed by atoms with E-state index in [2.05, 4.69) is 5.32 Å². The number of amides is 2. The number of carboxylic acids is 1. The molecule has 1 aliphatic rings. The molecular weight excluding hydrogens is 656 g/mol. The standard InChI is InChI=1S/C36H41ClN2O10/c1-22(40)48-21-36(2,3)20-39-27-15-14-23(37)18-26(27)32(25-11-8-13-29(45-4)33(25)46-5)49-30(34(39)42)19-31(41)38-16-9-17-47-28-12-7-6-10-24(28)35(43)44/h6-8,10-15,18,30,32H,9,16-17,19-21H2,1-5H3,(H,38,41)(H,43,44)/t30-,32-/m1/s1. The molecule has 0 spiro atoms. The summed E-state index contributed by atoms with van der Waals surface area (Å²) in [7, 11) is 3.01. The minimum atomic E-state index is -1.24. The molecule has 262 valence electrons. The summed E-state index contributed by atoms with van der Waals surface area (Å²) in [5.74, 6) is -1.38. The maximum Gasteiger partial charge on any atom is 0.339 e. The summed E-state index contributed by atoms with van der Waals surface area (Å²) in [6, 6.07) is 16.7. The fourth-order valence-electron chi connectivity index (χ4n) is 5.49. The lowest BCUT2D eigenvalue weighted by Gasteiger charge is -2.33. The van der Waals surface area contributed by atoms with Gasteiger partial charge in [0.2, 0.25) is 5.91 Å². The van der Waals surface area contributed by atoms with Crippen molar-refractivity contribution in [2.75, 3.05) is 45.4 Å². The molecule has 0 radical (unpaired) electrons. The molecule has 1 heterocycles. The molecule has 3 aromatic rings. The first-order valence-electron chi connectivity index (χ1n) is 15.7. The van der Waals surface area contributed by atoms with Crippen molar-refractivity contribution in [3.05, 3.63) is 82.4 Å². The van der Waals surface area contributed by atoms with Crippen LogP contribution in [0.2, 0.25) is 5.02 Å². The number of para-hydroxylation sites is 2. The lowest BCUT2D eigenvalue weighted by Crippen LogP contribution is -2.47. The van der Waals surface area contributed by atoms with Gasteiger partial charge in [-0.3, -0.25) is 14.4 Å². The maximum absolute atomic E-state index is 14.4. The van der Waals surface area contributed by atoms with Gasteiger partial charge in [0.25, 0.3) is 5.91 Å². The van der Waals surface area contributed by atoms with E-state index in [-0.39, 0.29) is 44.0 Å². The molecule has 0 saturated heterocycles. The van der Waals surface area contributed by atoms with Crippen LogP contribution in [0, 0.1) is 5.41 Å². The molecular formula is C36H41ClN2O10. The molecule has 0 saturated carbocycles. The van der Waals surface area contributed by atoms with Crippen molar-refractivity contribution in [2.45, 2.75) is 45.8 Å². The lowest BCUT2D eigenvalue weighted by atomic mass is 9.92. The number of halogens is 1. The smallest absolute Gasteiger partial charge is 0.339 e. The molecule has 12 nitrogen and oxygen atoms in total. The van der Waals surface area contributed by atoms with Crippen molar-refractivity contribution >= 4 is 41.0 Å². The molecule has 1 aliphatic heterocycles. The second kappa shape index (κ2) is 16.5. The summed E-state index contributed by atoms with van der Waals surface area (Å²) < 4.78 is 28.8. The topological polar surface area (TPSA) is 150 Å². The fourth-order valence-corrected chi connectivity index (χ4v) is 5.67. The van der Waals surface area contributed by atoms with Crippen molar-refractivity contribution in [1.29, 1.82) is 0 Å². The highest BCUT2D eigenvalue weighted by atomic mass is 35.5. The third-order valence-corrected chi connectivity index (χ3v) is 8.00. The summed E-state index contributed by atoms with van der Waals surface area (Å²) in [4.78, 5) is 52.3. The number of hydrogen-bond acceptors (Lipinski definition) is 9. The van der Waals surface area contributed by atoms with Crippen molar-refractivity contribution < 1.29 is 48.0 Å². The molecule has 3 aromatic carbocycles. The van der Waals surface area contributed by atoms with Crippen LogP contribution in [0.3, 0.4) is 0 Å². The second-order valence-corrected chi connectivity index (χ2v) is 12.7. The summed E-state index contributed by atoms with van der Waals surface area (Å²) >= 11 is 6.51. The van der Waals surface area contributed by atoms with Crippen LogP contribution < -0.4 is 24.4 Å². The number of ether oxygens (including phenoxy) is 5. The van der Waals surface area contributed by atoms with E-state index in [0.29, 0.717) is 39.8 Å². The number of nitrogens with one attached hydrogen (secondary N) is 1. The van der Waals surface area contributed by atoms with Crippen LogP contribution in [0.5, 0.6) is 17.2 Å². The van der Waals surface area contributed by atoms with Crippen molar-refractivity contribution in [1.82, 2.24) is 5.32 Å². The maximum atomic E-state index is 14.4. The van der Waals surface area contributed by atoms with Gasteiger partial charge in [-0.25, -0.2) is 4.79 Å². The minimum Gasteiger partial charge on any atom is -0.493 e. The Kier molecular flexibility index (Phi) is 12.5. The minimum absolute atomic E-state index is 0.0423. The Morgan fingerprint density at radius 1 is 1.00 bits per heavy atom. The number of methoxy groups -OCH3 is 2. The monoisotopic (exact) mass is 696 g/mol. The van der Waals surface area contributed by atoms with Gasteiger partial charge < -0.3 is 39.0 Å². The van der Waals surface area contributed by atoms with Crippen LogP contribution in [0.25, 0.3) is 0 Å². The van der Waals surface area contributed by atoms with Gasteiger partial charge in [-0.05, 0) is 42.8 Å². The van der Waals surface area contributed by atoms with Crippen LogP contribution in [0.4, 0.5) is 5.69 Å². The summed E-state index contributed by atoms with van der Waals surface area (Å²) in [5, 5.41) is 12.6. The molecule has 2 atom stereocenters. The van der Waals surface area contributed by atoms with E-state index in [0.717, 1.165) is 0 Å². The predicted octanol–water partition coefficient (Wildman–Crippen LogP) is 5.44. The Hall–Kier alpha value is -4.81. The Bertz CT molecular complexity index is 1680. The van der Waals surface area contributed by atoms with Gasteiger partial charge in [0.05, 0.1) is 33.9 Å². The molecule has 4 rings (SSSR count). The highest BCUT2D eigenvalue weighted by Gasteiger charge is 2.41. The van der Waals surface area contributed by atoms with E-state index in [1.54, 1.807) is 59.5 Å².